The summed E-state index contributed by atoms with van der Waals surface area (Å²) in [6.45, 7) is 5.36. The standard InChI is InChI=1S/C28H37ClN2O6/c1-3-9-21-13-8-11-19(2)10-7-12-20(30-36-18-25(34)31-14-5-4-6-15-31)16-22-26(28(35)37-21)23(32)17-24(33)27(22)29/h7-8,11-12,16-17,19,21,30,32-33H,3-6,9-10,13-15,18H2,1-2H3/b11-8?,12-7+,20-16-. The maximum absolute atomic E-state index is 13.2. The number of fused-ring (bicyclic) bond motifs is 1. The van der Waals surface area contributed by atoms with Crippen LogP contribution in [0.15, 0.2) is 36.1 Å². The van der Waals surface area contributed by atoms with Crippen LogP contribution >= 0.6 is 11.6 Å². The number of ether oxygens (including phenoxy) is 1. The van der Waals surface area contributed by atoms with Gasteiger partial charge in [0.15, 0.2) is 6.61 Å². The number of carbonyl (C=O) groups is 2. The number of likely N-dealkylation sites (tertiary alicyclic amines) is 1. The number of amides is 1. The Hall–Kier alpha value is -2.97. The molecule has 37 heavy (non-hydrogen) atoms. The second-order valence-electron chi connectivity index (χ2n) is 9.54. The summed E-state index contributed by atoms with van der Waals surface area (Å²) < 4.78 is 5.75. The molecule has 3 N–H and O–H groups in total. The summed E-state index contributed by atoms with van der Waals surface area (Å²) in [4.78, 5) is 33.0. The first-order valence-corrected chi connectivity index (χ1v) is 13.3. The molecular weight excluding hydrogens is 496 g/mol. The number of nitrogens with zero attached hydrogens (tertiary/aromatic N) is 1. The Morgan fingerprint density at radius 2 is 1.95 bits per heavy atom. The predicted octanol–water partition coefficient (Wildman–Crippen LogP) is 5.49. The van der Waals surface area contributed by atoms with Crippen molar-refractivity contribution >= 4 is 29.6 Å². The molecule has 2 atom stereocenters. The fourth-order valence-electron chi connectivity index (χ4n) is 4.39. The highest BCUT2D eigenvalue weighted by Crippen LogP contribution is 2.38. The van der Waals surface area contributed by atoms with Gasteiger partial charge in [0.05, 0.1) is 10.7 Å². The van der Waals surface area contributed by atoms with Crippen LogP contribution in [0.1, 0.15) is 74.7 Å². The Bertz CT molecular complexity index is 1050. The Morgan fingerprint density at radius 1 is 1.19 bits per heavy atom. The molecule has 3 rings (SSSR count). The number of piperidine rings is 1. The number of hydroxylamine groups is 1. The van der Waals surface area contributed by atoms with Gasteiger partial charge in [-0.25, -0.2) is 4.79 Å². The van der Waals surface area contributed by atoms with E-state index in [1.54, 1.807) is 11.0 Å². The predicted molar refractivity (Wildman–Crippen MR) is 143 cm³/mol. The summed E-state index contributed by atoms with van der Waals surface area (Å²) in [5.74, 6) is -1.45. The Kier molecular flexibility index (Phi) is 10.9. The molecule has 0 bridgehead atoms. The number of aromatic hydroxyl groups is 2. The molecule has 1 amide bonds. The van der Waals surface area contributed by atoms with Crippen LogP contribution in [-0.4, -0.2) is 52.8 Å². The minimum absolute atomic E-state index is 0.0816. The van der Waals surface area contributed by atoms with Gasteiger partial charge in [-0.1, -0.05) is 50.1 Å². The van der Waals surface area contributed by atoms with Crippen LogP contribution in [0, 0.1) is 5.92 Å². The van der Waals surface area contributed by atoms with E-state index in [1.165, 1.54) is 6.08 Å². The maximum atomic E-state index is 13.2. The minimum Gasteiger partial charge on any atom is -0.507 e. The third kappa shape index (κ3) is 8.27. The Balaban J connectivity index is 1.93. The number of halogens is 1. The van der Waals surface area contributed by atoms with E-state index in [9.17, 15) is 19.8 Å². The lowest BCUT2D eigenvalue weighted by atomic mass is 10.0. The van der Waals surface area contributed by atoms with E-state index in [0.29, 0.717) is 18.5 Å². The molecule has 2 unspecified atom stereocenters. The molecular formula is C28H37ClN2O6. The third-order valence-corrected chi connectivity index (χ3v) is 6.81. The van der Waals surface area contributed by atoms with E-state index in [0.717, 1.165) is 51.3 Å². The molecule has 1 aromatic carbocycles. The molecule has 2 aliphatic heterocycles. The van der Waals surface area contributed by atoms with Gasteiger partial charge in [0, 0.05) is 31.1 Å². The van der Waals surface area contributed by atoms with Crippen LogP contribution in [-0.2, 0) is 14.4 Å². The summed E-state index contributed by atoms with van der Waals surface area (Å²) in [5, 5.41) is 20.7. The van der Waals surface area contributed by atoms with Gasteiger partial charge in [-0.05, 0) is 50.2 Å². The fraction of sp³-hybridized carbons (Fsp3) is 0.500. The number of rotatable bonds is 6. The second kappa shape index (κ2) is 14.1. The van der Waals surface area contributed by atoms with E-state index in [1.807, 2.05) is 19.1 Å². The highest BCUT2D eigenvalue weighted by Gasteiger charge is 2.25. The molecule has 2 aliphatic rings. The summed E-state index contributed by atoms with van der Waals surface area (Å²) in [6.07, 6.45) is 14.7. The Morgan fingerprint density at radius 3 is 2.68 bits per heavy atom. The number of phenols is 2. The van der Waals surface area contributed by atoms with E-state index in [2.05, 4.69) is 18.5 Å². The van der Waals surface area contributed by atoms with Crippen molar-refractivity contribution in [2.75, 3.05) is 19.7 Å². The number of allylic oxidation sites excluding steroid dienone is 3. The molecule has 0 aromatic heterocycles. The molecule has 0 saturated carbocycles. The summed E-state index contributed by atoms with van der Waals surface area (Å²) in [5.41, 5.74) is 3.08. The first-order chi connectivity index (χ1) is 17.8. The van der Waals surface area contributed by atoms with Gasteiger partial charge in [0.1, 0.15) is 23.2 Å². The van der Waals surface area contributed by atoms with Gasteiger partial charge < -0.3 is 19.8 Å². The third-order valence-electron chi connectivity index (χ3n) is 6.41. The van der Waals surface area contributed by atoms with Gasteiger partial charge in [-0.3, -0.25) is 15.1 Å². The van der Waals surface area contributed by atoms with E-state index < -0.39 is 11.7 Å². The number of esters is 1. The fourth-order valence-corrected chi connectivity index (χ4v) is 4.60. The topological polar surface area (TPSA) is 108 Å². The molecule has 202 valence electrons. The molecule has 0 aliphatic carbocycles. The first kappa shape index (κ1) is 28.6. The van der Waals surface area contributed by atoms with Crippen LogP contribution in [0.5, 0.6) is 11.5 Å². The van der Waals surface area contributed by atoms with Crippen molar-refractivity contribution in [3.63, 3.8) is 0 Å². The average Bonchev–Trinajstić information content (AvgIpc) is 2.87. The van der Waals surface area contributed by atoms with E-state index in [4.69, 9.17) is 21.2 Å². The normalized spacial score (nSPS) is 23.3. The van der Waals surface area contributed by atoms with E-state index >= 15 is 0 Å². The van der Waals surface area contributed by atoms with Gasteiger partial charge in [-0.15, -0.1) is 0 Å². The molecule has 0 spiro atoms. The number of cyclic esters (lactones) is 1. The van der Waals surface area contributed by atoms with Crippen molar-refractivity contribution in [2.24, 2.45) is 5.92 Å². The van der Waals surface area contributed by atoms with Gasteiger partial charge in [0.25, 0.3) is 5.91 Å². The summed E-state index contributed by atoms with van der Waals surface area (Å²) >= 11 is 6.39. The first-order valence-electron chi connectivity index (χ1n) is 13.0. The highest BCUT2D eigenvalue weighted by molar-refractivity contribution is 6.34. The van der Waals surface area contributed by atoms with Crippen molar-refractivity contribution < 1.29 is 29.4 Å². The number of nitrogens with one attached hydrogen (secondary N) is 1. The quantitative estimate of drug-likeness (QED) is 0.252. The van der Waals surface area contributed by atoms with Crippen LogP contribution in [0.4, 0.5) is 0 Å². The second-order valence-corrected chi connectivity index (χ2v) is 9.92. The molecule has 8 nitrogen and oxygen atoms in total. The number of hydrogen-bond acceptors (Lipinski definition) is 7. The zero-order valence-electron chi connectivity index (χ0n) is 21.5. The lowest BCUT2D eigenvalue weighted by Crippen LogP contribution is -2.39. The molecule has 0 radical (unpaired) electrons. The van der Waals surface area contributed by atoms with Gasteiger partial charge >= 0.3 is 5.97 Å². The number of hydrogen-bond donors (Lipinski definition) is 3. The van der Waals surface area contributed by atoms with Crippen molar-refractivity contribution in [1.29, 1.82) is 0 Å². The molecule has 1 saturated heterocycles. The number of carbonyl (C=O) groups excluding carboxylic acids is 2. The zero-order chi connectivity index (χ0) is 26.8. The van der Waals surface area contributed by atoms with Gasteiger partial charge in [0.2, 0.25) is 0 Å². The highest BCUT2D eigenvalue weighted by atomic mass is 35.5. The lowest BCUT2D eigenvalue weighted by molar-refractivity contribution is -0.139. The summed E-state index contributed by atoms with van der Waals surface area (Å²) in [7, 11) is 0. The van der Waals surface area contributed by atoms with Crippen LogP contribution in [0.2, 0.25) is 5.02 Å². The SMILES string of the molecule is CCCC1CC=CC(C)C/C=C/C(NOCC(=O)N2CCCCC2)=C/c2c(Cl)c(O)cc(O)c2C(=O)O1. The number of benzene rings is 1. The smallest absolute Gasteiger partial charge is 0.342 e. The van der Waals surface area contributed by atoms with Crippen molar-refractivity contribution in [3.8, 4) is 11.5 Å². The van der Waals surface area contributed by atoms with Gasteiger partial charge in [-0.2, -0.15) is 0 Å². The van der Waals surface area contributed by atoms with Crippen LogP contribution in [0.25, 0.3) is 6.08 Å². The van der Waals surface area contributed by atoms with Crippen molar-refractivity contribution in [2.45, 2.75) is 64.9 Å². The van der Waals surface area contributed by atoms with Crippen molar-refractivity contribution in [3.05, 3.63) is 52.2 Å². The Labute approximate surface area is 223 Å². The largest absolute Gasteiger partial charge is 0.507 e. The molecule has 2 heterocycles. The zero-order valence-corrected chi connectivity index (χ0v) is 22.3. The molecule has 1 aromatic rings. The van der Waals surface area contributed by atoms with Crippen molar-refractivity contribution in [1.82, 2.24) is 10.4 Å². The molecule has 1 fully saturated rings. The minimum atomic E-state index is -0.743. The lowest BCUT2D eigenvalue weighted by Gasteiger charge is -2.26. The average molecular weight is 533 g/mol. The van der Waals surface area contributed by atoms with Crippen LogP contribution in [0.3, 0.4) is 0 Å². The van der Waals surface area contributed by atoms with E-state index in [-0.39, 0.29) is 46.4 Å². The number of phenolic OH excluding ortho intramolecular Hbond substituents is 2. The molecule has 9 heteroatoms. The van der Waals surface area contributed by atoms with Crippen LogP contribution < -0.4 is 5.48 Å². The summed E-state index contributed by atoms with van der Waals surface area (Å²) in [6, 6.07) is 1.02. The monoisotopic (exact) mass is 532 g/mol. The maximum Gasteiger partial charge on any atom is 0.342 e.